The molecular formula is C12H24N2O3S. The number of hydrogen-bond donors (Lipinski definition) is 1. The topological polar surface area (TPSA) is 66.5 Å². The van der Waals surface area contributed by atoms with E-state index in [1.54, 1.807) is 20.8 Å². The summed E-state index contributed by atoms with van der Waals surface area (Å²) in [5.41, 5.74) is 0. The first-order valence-electron chi connectivity index (χ1n) is 6.58. The van der Waals surface area contributed by atoms with Crippen molar-refractivity contribution in [2.75, 3.05) is 25.4 Å². The molecule has 1 rings (SSSR count). The van der Waals surface area contributed by atoms with E-state index in [-0.39, 0.29) is 23.0 Å². The zero-order valence-electron chi connectivity index (χ0n) is 11.5. The summed E-state index contributed by atoms with van der Waals surface area (Å²) in [7, 11) is -3.03. The summed E-state index contributed by atoms with van der Waals surface area (Å²) in [5.74, 6) is 0.164. The second-order valence-corrected chi connectivity index (χ2v) is 7.80. The van der Waals surface area contributed by atoms with Crippen molar-refractivity contribution < 1.29 is 13.2 Å². The Morgan fingerprint density at radius 2 is 1.78 bits per heavy atom. The van der Waals surface area contributed by atoms with Gasteiger partial charge in [0.2, 0.25) is 5.91 Å². The number of sulfone groups is 1. The van der Waals surface area contributed by atoms with Crippen LogP contribution in [0.2, 0.25) is 0 Å². The molecule has 106 valence electrons. The summed E-state index contributed by atoms with van der Waals surface area (Å²) in [6, 6.07) is -0.300. The smallest absolute Gasteiger partial charge is 0.239 e. The SMILES string of the molecule is CC(NCCS(=O)(=O)C(C)C)C(=O)N1CCCC1. The minimum absolute atomic E-state index is 0.0782. The monoisotopic (exact) mass is 276 g/mol. The van der Waals surface area contributed by atoms with E-state index in [1.807, 2.05) is 4.90 Å². The highest BCUT2D eigenvalue weighted by Gasteiger charge is 2.23. The maximum Gasteiger partial charge on any atom is 0.239 e. The van der Waals surface area contributed by atoms with Gasteiger partial charge in [0.25, 0.3) is 0 Å². The molecule has 1 amide bonds. The van der Waals surface area contributed by atoms with Crippen LogP contribution in [0.3, 0.4) is 0 Å². The highest BCUT2D eigenvalue weighted by molar-refractivity contribution is 7.92. The van der Waals surface area contributed by atoms with E-state index in [0.717, 1.165) is 25.9 Å². The second-order valence-electron chi connectivity index (χ2n) is 5.12. The number of rotatable bonds is 6. The molecule has 5 nitrogen and oxygen atoms in total. The molecule has 0 radical (unpaired) electrons. The molecule has 0 bridgehead atoms. The van der Waals surface area contributed by atoms with Gasteiger partial charge in [-0.1, -0.05) is 0 Å². The molecule has 0 aromatic rings. The number of carbonyl (C=O) groups is 1. The van der Waals surface area contributed by atoms with Crippen molar-refractivity contribution in [3.05, 3.63) is 0 Å². The van der Waals surface area contributed by atoms with Crippen LogP contribution in [0.1, 0.15) is 33.6 Å². The molecule has 0 aliphatic carbocycles. The van der Waals surface area contributed by atoms with Crippen LogP contribution < -0.4 is 5.32 Å². The minimum atomic E-state index is -3.03. The van der Waals surface area contributed by atoms with Gasteiger partial charge in [0.1, 0.15) is 0 Å². The third-order valence-electron chi connectivity index (χ3n) is 3.34. The predicted octanol–water partition coefficient (Wildman–Crippen LogP) is 0.410. The third kappa shape index (κ3) is 4.24. The lowest BCUT2D eigenvalue weighted by Crippen LogP contribution is -2.45. The Morgan fingerprint density at radius 3 is 2.28 bits per heavy atom. The van der Waals surface area contributed by atoms with Gasteiger partial charge in [-0.05, 0) is 33.6 Å². The van der Waals surface area contributed by atoms with Gasteiger partial charge in [0.15, 0.2) is 9.84 Å². The maximum atomic E-state index is 11.9. The van der Waals surface area contributed by atoms with Crippen LogP contribution in [0.5, 0.6) is 0 Å². The summed E-state index contributed by atoms with van der Waals surface area (Å²) in [6.45, 7) is 7.14. The average Bonchev–Trinajstić information content (AvgIpc) is 2.80. The second kappa shape index (κ2) is 6.52. The predicted molar refractivity (Wildman–Crippen MR) is 72.2 cm³/mol. The van der Waals surface area contributed by atoms with Crippen molar-refractivity contribution in [2.45, 2.75) is 44.9 Å². The lowest BCUT2D eigenvalue weighted by Gasteiger charge is -2.21. The number of likely N-dealkylation sites (tertiary alicyclic amines) is 1. The number of hydrogen-bond acceptors (Lipinski definition) is 4. The fourth-order valence-corrected chi connectivity index (χ4v) is 2.83. The molecule has 0 aromatic heterocycles. The molecule has 0 aromatic carbocycles. The van der Waals surface area contributed by atoms with Crippen LogP contribution in [-0.4, -0.2) is 55.9 Å². The lowest BCUT2D eigenvalue weighted by molar-refractivity contribution is -0.131. The fraction of sp³-hybridized carbons (Fsp3) is 0.917. The summed E-state index contributed by atoms with van der Waals surface area (Å²) >= 11 is 0. The van der Waals surface area contributed by atoms with E-state index < -0.39 is 9.84 Å². The van der Waals surface area contributed by atoms with E-state index in [0.29, 0.717) is 6.54 Å². The quantitative estimate of drug-likeness (QED) is 0.763. The van der Waals surface area contributed by atoms with E-state index >= 15 is 0 Å². The van der Waals surface area contributed by atoms with Gasteiger partial charge in [-0.25, -0.2) is 8.42 Å². The highest BCUT2D eigenvalue weighted by Crippen LogP contribution is 2.09. The van der Waals surface area contributed by atoms with Gasteiger partial charge in [-0.3, -0.25) is 4.79 Å². The van der Waals surface area contributed by atoms with Crippen LogP contribution in [-0.2, 0) is 14.6 Å². The van der Waals surface area contributed by atoms with Crippen LogP contribution in [0.4, 0.5) is 0 Å². The Bertz CT molecular complexity index is 373. The normalized spacial score (nSPS) is 18.3. The molecular weight excluding hydrogens is 252 g/mol. The molecule has 1 N–H and O–H groups in total. The van der Waals surface area contributed by atoms with Crippen molar-refractivity contribution >= 4 is 15.7 Å². The van der Waals surface area contributed by atoms with Crippen molar-refractivity contribution in [1.82, 2.24) is 10.2 Å². The van der Waals surface area contributed by atoms with E-state index in [9.17, 15) is 13.2 Å². The van der Waals surface area contributed by atoms with Crippen LogP contribution in [0.15, 0.2) is 0 Å². The summed E-state index contributed by atoms with van der Waals surface area (Å²) in [5, 5.41) is 2.64. The van der Waals surface area contributed by atoms with E-state index in [4.69, 9.17) is 0 Å². The van der Waals surface area contributed by atoms with Crippen LogP contribution in [0.25, 0.3) is 0 Å². The minimum Gasteiger partial charge on any atom is -0.341 e. The molecule has 0 saturated carbocycles. The number of nitrogens with one attached hydrogen (secondary N) is 1. The molecule has 1 atom stereocenters. The fourth-order valence-electron chi connectivity index (χ4n) is 1.95. The standard InChI is InChI=1S/C12H24N2O3S/c1-10(2)18(16,17)9-6-13-11(3)12(15)14-7-4-5-8-14/h10-11,13H,4-9H2,1-3H3. The van der Waals surface area contributed by atoms with Crippen LogP contribution >= 0.6 is 0 Å². The van der Waals surface area contributed by atoms with Gasteiger partial charge in [0.05, 0.1) is 17.0 Å². The molecule has 1 fully saturated rings. The number of nitrogens with zero attached hydrogens (tertiary/aromatic N) is 1. The van der Waals surface area contributed by atoms with E-state index in [1.165, 1.54) is 0 Å². The van der Waals surface area contributed by atoms with Crippen molar-refractivity contribution in [1.29, 1.82) is 0 Å². The van der Waals surface area contributed by atoms with Crippen molar-refractivity contribution in [3.63, 3.8) is 0 Å². The molecule has 1 aliphatic heterocycles. The van der Waals surface area contributed by atoms with Gasteiger partial charge < -0.3 is 10.2 Å². The number of carbonyl (C=O) groups excluding carboxylic acids is 1. The number of amides is 1. The molecule has 0 spiro atoms. The first-order valence-corrected chi connectivity index (χ1v) is 8.30. The third-order valence-corrected chi connectivity index (χ3v) is 5.55. The molecule has 1 heterocycles. The summed E-state index contributed by atoms with van der Waals surface area (Å²) in [4.78, 5) is 13.8. The Labute approximate surface area is 110 Å². The largest absolute Gasteiger partial charge is 0.341 e. The van der Waals surface area contributed by atoms with E-state index in [2.05, 4.69) is 5.32 Å². The van der Waals surface area contributed by atoms with Crippen molar-refractivity contribution in [3.8, 4) is 0 Å². The molecule has 1 saturated heterocycles. The Hall–Kier alpha value is -0.620. The first kappa shape index (κ1) is 15.4. The zero-order chi connectivity index (χ0) is 13.8. The first-order chi connectivity index (χ1) is 8.34. The summed E-state index contributed by atoms with van der Waals surface area (Å²) in [6.07, 6.45) is 2.14. The highest BCUT2D eigenvalue weighted by atomic mass is 32.2. The van der Waals surface area contributed by atoms with Gasteiger partial charge >= 0.3 is 0 Å². The van der Waals surface area contributed by atoms with Gasteiger partial charge in [-0.2, -0.15) is 0 Å². The molecule has 6 heteroatoms. The molecule has 1 aliphatic rings. The Kier molecular flexibility index (Phi) is 5.59. The average molecular weight is 276 g/mol. The van der Waals surface area contributed by atoms with Gasteiger partial charge in [0, 0.05) is 19.6 Å². The Balaban J connectivity index is 2.33. The molecule has 1 unspecified atom stereocenters. The maximum absolute atomic E-state index is 11.9. The van der Waals surface area contributed by atoms with Crippen LogP contribution in [0, 0.1) is 0 Å². The zero-order valence-corrected chi connectivity index (χ0v) is 12.3. The summed E-state index contributed by atoms with van der Waals surface area (Å²) < 4.78 is 23.2. The lowest BCUT2D eigenvalue weighted by atomic mass is 10.3. The van der Waals surface area contributed by atoms with Crippen molar-refractivity contribution in [2.24, 2.45) is 0 Å². The van der Waals surface area contributed by atoms with Gasteiger partial charge in [-0.15, -0.1) is 0 Å². The Morgan fingerprint density at radius 1 is 1.22 bits per heavy atom. The molecule has 18 heavy (non-hydrogen) atoms.